The van der Waals surface area contributed by atoms with Crippen LogP contribution in [0.15, 0.2) is 57.7 Å². The van der Waals surface area contributed by atoms with Crippen molar-refractivity contribution in [2.45, 2.75) is 12.5 Å². The zero-order valence-corrected chi connectivity index (χ0v) is 12.5. The normalized spacial score (nSPS) is 16.2. The van der Waals surface area contributed by atoms with Crippen LogP contribution in [0.5, 0.6) is 0 Å². The van der Waals surface area contributed by atoms with Crippen molar-refractivity contribution in [3.8, 4) is 11.5 Å². The Morgan fingerprint density at radius 2 is 2.00 bits per heavy atom. The Hall–Kier alpha value is -3.35. The molecule has 7 heteroatoms. The second-order valence-electron chi connectivity index (χ2n) is 5.48. The fourth-order valence-electron chi connectivity index (χ4n) is 2.90. The molecule has 0 radical (unpaired) electrons. The lowest BCUT2D eigenvalue weighted by Crippen LogP contribution is -2.46. The van der Waals surface area contributed by atoms with E-state index in [4.69, 9.17) is 14.7 Å². The fraction of sp³-hybridized carbons (Fsp3) is 0.118. The van der Waals surface area contributed by atoms with Gasteiger partial charge in [0.15, 0.2) is 11.5 Å². The van der Waals surface area contributed by atoms with E-state index in [1.54, 1.807) is 24.3 Å². The number of nitrogens with two attached hydrogens (primary N) is 1. The molecule has 1 aliphatic rings. The Kier molecular flexibility index (Phi) is 3.19. The Bertz CT molecular complexity index is 914. The van der Waals surface area contributed by atoms with Crippen LogP contribution in [0.25, 0.3) is 11.5 Å². The van der Waals surface area contributed by atoms with Gasteiger partial charge in [-0.15, -0.1) is 0 Å². The molecule has 24 heavy (non-hydrogen) atoms. The van der Waals surface area contributed by atoms with Crippen molar-refractivity contribution in [1.82, 2.24) is 5.16 Å². The highest BCUT2D eigenvalue weighted by Gasteiger charge is 2.38. The third kappa shape index (κ3) is 2.18. The van der Waals surface area contributed by atoms with E-state index in [0.717, 1.165) is 5.56 Å². The molecule has 1 atom stereocenters. The summed E-state index contributed by atoms with van der Waals surface area (Å²) in [7, 11) is 0. The van der Waals surface area contributed by atoms with Gasteiger partial charge in [0, 0.05) is 18.2 Å². The first kappa shape index (κ1) is 14.3. The minimum absolute atomic E-state index is 0.0874. The molecule has 3 aromatic rings. The molecule has 1 aliphatic heterocycles. The molecule has 0 aliphatic carbocycles. The molecular weight excluding hydrogens is 310 g/mol. The molecule has 2 amide bonds. The molecular formula is C17H13N3O4. The summed E-state index contributed by atoms with van der Waals surface area (Å²) in [6.45, 7) is 0. The summed E-state index contributed by atoms with van der Waals surface area (Å²) in [5.41, 5.74) is 7.12. The number of fused-ring (bicyclic) bond motifs is 1. The summed E-state index contributed by atoms with van der Waals surface area (Å²) in [6, 6.07) is 11.5. The first-order valence-electron chi connectivity index (χ1n) is 7.36. The molecule has 3 heterocycles. The molecule has 1 aromatic carbocycles. The van der Waals surface area contributed by atoms with Gasteiger partial charge in [0.1, 0.15) is 6.04 Å². The fourth-order valence-corrected chi connectivity index (χ4v) is 2.90. The highest BCUT2D eigenvalue weighted by Crippen LogP contribution is 2.33. The zero-order chi connectivity index (χ0) is 16.7. The lowest BCUT2D eigenvalue weighted by molar-refractivity contribution is -0.119. The molecule has 2 aromatic heterocycles. The van der Waals surface area contributed by atoms with Crippen LogP contribution in [0.3, 0.4) is 0 Å². The van der Waals surface area contributed by atoms with Crippen molar-refractivity contribution in [1.29, 1.82) is 0 Å². The quantitative estimate of drug-likeness (QED) is 0.794. The average molecular weight is 323 g/mol. The second kappa shape index (κ2) is 5.38. The zero-order valence-electron chi connectivity index (χ0n) is 12.5. The van der Waals surface area contributed by atoms with Crippen molar-refractivity contribution in [3.05, 3.63) is 60.0 Å². The summed E-state index contributed by atoms with van der Waals surface area (Å²) in [4.78, 5) is 26.0. The number of anilines is 1. The number of nitrogens with zero attached hydrogens (tertiary/aromatic N) is 2. The van der Waals surface area contributed by atoms with Gasteiger partial charge in [0.25, 0.3) is 5.91 Å². The summed E-state index contributed by atoms with van der Waals surface area (Å²) < 4.78 is 10.4. The minimum Gasteiger partial charge on any atom is -0.461 e. The van der Waals surface area contributed by atoms with Gasteiger partial charge in [-0.1, -0.05) is 23.4 Å². The van der Waals surface area contributed by atoms with E-state index in [9.17, 15) is 9.59 Å². The number of furan rings is 1. The number of carbonyl (C=O) groups excluding carboxylic acids is 2. The van der Waals surface area contributed by atoms with Gasteiger partial charge in [-0.25, -0.2) is 0 Å². The van der Waals surface area contributed by atoms with Gasteiger partial charge >= 0.3 is 0 Å². The predicted octanol–water partition coefficient (Wildman–Crippen LogP) is 1.99. The Labute approximate surface area is 136 Å². The molecule has 0 saturated carbocycles. The number of para-hydroxylation sites is 1. The molecule has 7 nitrogen and oxygen atoms in total. The van der Waals surface area contributed by atoms with Crippen molar-refractivity contribution in [2.24, 2.45) is 5.73 Å². The van der Waals surface area contributed by atoms with Crippen molar-refractivity contribution in [2.75, 3.05) is 4.90 Å². The van der Waals surface area contributed by atoms with E-state index in [2.05, 4.69) is 5.16 Å². The van der Waals surface area contributed by atoms with Gasteiger partial charge in [0.05, 0.1) is 6.26 Å². The number of rotatable bonds is 3. The molecule has 2 N–H and O–H groups in total. The topological polar surface area (TPSA) is 103 Å². The predicted molar refractivity (Wildman–Crippen MR) is 84.1 cm³/mol. The Balaban J connectivity index is 1.71. The minimum atomic E-state index is -0.737. The van der Waals surface area contributed by atoms with Crippen molar-refractivity contribution < 1.29 is 18.5 Å². The van der Waals surface area contributed by atoms with Crippen LogP contribution >= 0.6 is 0 Å². The van der Waals surface area contributed by atoms with Gasteiger partial charge in [-0.05, 0) is 23.8 Å². The van der Waals surface area contributed by atoms with E-state index < -0.39 is 17.9 Å². The third-order valence-electron chi connectivity index (χ3n) is 4.02. The second-order valence-corrected chi connectivity index (χ2v) is 5.48. The summed E-state index contributed by atoms with van der Waals surface area (Å²) in [5, 5.41) is 3.81. The van der Waals surface area contributed by atoms with Crippen LogP contribution in [0.4, 0.5) is 5.69 Å². The van der Waals surface area contributed by atoms with Crippen LogP contribution in [0.2, 0.25) is 0 Å². The van der Waals surface area contributed by atoms with Crippen LogP contribution < -0.4 is 10.6 Å². The summed E-state index contributed by atoms with van der Waals surface area (Å²) in [5.74, 6) is -0.194. The first-order chi connectivity index (χ1) is 11.6. The maximum atomic E-state index is 12.9. The van der Waals surface area contributed by atoms with Gasteiger partial charge in [-0.3, -0.25) is 14.5 Å². The van der Waals surface area contributed by atoms with Crippen molar-refractivity contribution in [3.63, 3.8) is 0 Å². The lowest BCUT2D eigenvalue weighted by Gasteiger charge is -2.22. The molecule has 0 saturated heterocycles. The van der Waals surface area contributed by atoms with Crippen LogP contribution in [-0.2, 0) is 11.2 Å². The summed E-state index contributed by atoms with van der Waals surface area (Å²) >= 11 is 0. The molecule has 0 bridgehead atoms. The van der Waals surface area contributed by atoms with E-state index in [0.29, 0.717) is 23.6 Å². The van der Waals surface area contributed by atoms with E-state index in [-0.39, 0.29) is 5.69 Å². The molecule has 0 unspecified atom stereocenters. The molecule has 4 rings (SSSR count). The van der Waals surface area contributed by atoms with Gasteiger partial charge in [-0.2, -0.15) is 0 Å². The number of primary amides is 1. The van der Waals surface area contributed by atoms with Crippen LogP contribution in [0, 0.1) is 0 Å². The molecule has 120 valence electrons. The third-order valence-corrected chi connectivity index (χ3v) is 4.02. The van der Waals surface area contributed by atoms with E-state index in [1.807, 2.05) is 12.1 Å². The number of hydrogen-bond acceptors (Lipinski definition) is 5. The number of carbonyl (C=O) groups is 2. The number of aromatic nitrogens is 1. The van der Waals surface area contributed by atoms with E-state index >= 15 is 0 Å². The highest BCUT2D eigenvalue weighted by molar-refractivity contribution is 6.10. The largest absolute Gasteiger partial charge is 0.461 e. The van der Waals surface area contributed by atoms with E-state index in [1.165, 1.54) is 17.2 Å². The maximum absolute atomic E-state index is 12.9. The smallest absolute Gasteiger partial charge is 0.281 e. The SMILES string of the molecule is NC(=O)[C@@H]1Cc2ccccc2N1C(=O)c1cc(-c2ccco2)on1. The maximum Gasteiger partial charge on any atom is 0.281 e. The molecule has 0 spiro atoms. The van der Waals surface area contributed by atoms with Gasteiger partial charge < -0.3 is 14.7 Å². The lowest BCUT2D eigenvalue weighted by atomic mass is 10.1. The van der Waals surface area contributed by atoms with Crippen LogP contribution in [-0.4, -0.2) is 23.0 Å². The standard InChI is InChI=1S/C17H13N3O4/c18-16(21)13-8-10-4-1-2-5-12(10)20(13)17(22)11-9-15(24-19-11)14-6-3-7-23-14/h1-7,9,13H,8H2,(H2,18,21)/t13-/m0/s1. The Morgan fingerprint density at radius 1 is 1.17 bits per heavy atom. The first-order valence-corrected chi connectivity index (χ1v) is 7.36. The van der Waals surface area contributed by atoms with Crippen LogP contribution in [0.1, 0.15) is 16.1 Å². The number of amides is 2. The number of hydrogen-bond donors (Lipinski definition) is 1. The Morgan fingerprint density at radius 3 is 2.75 bits per heavy atom. The number of benzene rings is 1. The highest BCUT2D eigenvalue weighted by atomic mass is 16.5. The average Bonchev–Trinajstić information content (AvgIpc) is 3.31. The summed E-state index contributed by atoms with van der Waals surface area (Å²) in [6.07, 6.45) is 1.89. The van der Waals surface area contributed by atoms with Crippen molar-refractivity contribution >= 4 is 17.5 Å². The monoisotopic (exact) mass is 323 g/mol. The van der Waals surface area contributed by atoms with Gasteiger partial charge in [0.2, 0.25) is 11.7 Å². The molecule has 0 fully saturated rings.